The highest BCUT2D eigenvalue weighted by Gasteiger charge is 2.64. The summed E-state index contributed by atoms with van der Waals surface area (Å²) in [6.45, 7) is 2.16. The summed E-state index contributed by atoms with van der Waals surface area (Å²) in [6.07, 6.45) is 6.31. The molecule has 4 fully saturated rings. The molecule has 3 saturated heterocycles. The molecule has 0 aromatic rings. The van der Waals surface area contributed by atoms with Crippen LogP contribution in [0.5, 0.6) is 0 Å². The van der Waals surface area contributed by atoms with Crippen molar-refractivity contribution in [3.63, 3.8) is 0 Å². The molecule has 4 heterocycles. The third-order valence-electron chi connectivity index (χ3n) is 7.21. The van der Waals surface area contributed by atoms with Crippen molar-refractivity contribution in [3.05, 3.63) is 11.6 Å². The Labute approximate surface area is 147 Å². The highest BCUT2D eigenvalue weighted by Crippen LogP contribution is 2.60. The fourth-order valence-corrected chi connectivity index (χ4v) is 5.62. The number of fused-ring (bicyclic) bond motifs is 5. The van der Waals surface area contributed by atoms with E-state index in [2.05, 4.69) is 0 Å². The number of carboxylic acid groups (broad SMARTS) is 1. The molecule has 0 aromatic carbocycles. The summed E-state index contributed by atoms with van der Waals surface area (Å²) in [5, 5.41) is 9.80. The first-order valence-electron chi connectivity index (χ1n) is 9.55. The Kier molecular flexibility index (Phi) is 3.51. The normalized spacial score (nSPS) is 41.2. The van der Waals surface area contributed by atoms with Crippen LogP contribution in [0.2, 0.25) is 0 Å². The van der Waals surface area contributed by atoms with Crippen LogP contribution in [0.1, 0.15) is 32.1 Å². The molecule has 25 heavy (non-hydrogen) atoms. The summed E-state index contributed by atoms with van der Waals surface area (Å²) in [4.78, 5) is 26.8. The minimum absolute atomic E-state index is 0.0280. The first-order chi connectivity index (χ1) is 12.1. The SMILES string of the molecule is O=C([C@@H]1C[C@@H]2O[C@H]1[C@H]1C[C@H]12)N1CC=C(C2(C(=O)O)CCOCC2)CC1. The third kappa shape index (κ3) is 2.30. The van der Waals surface area contributed by atoms with E-state index in [0.29, 0.717) is 57.6 Å². The number of hydrogen-bond acceptors (Lipinski definition) is 4. The minimum atomic E-state index is -0.788. The largest absolute Gasteiger partial charge is 0.481 e. The number of carbonyl (C=O) groups is 2. The van der Waals surface area contributed by atoms with Crippen LogP contribution in [0.15, 0.2) is 11.6 Å². The van der Waals surface area contributed by atoms with Crippen LogP contribution in [0.3, 0.4) is 0 Å². The number of aliphatic carboxylic acids is 1. The van der Waals surface area contributed by atoms with E-state index in [1.807, 2.05) is 11.0 Å². The number of carboxylic acids is 1. The van der Waals surface area contributed by atoms with Gasteiger partial charge in [0.1, 0.15) is 0 Å². The summed E-state index contributed by atoms with van der Waals surface area (Å²) >= 11 is 0. The van der Waals surface area contributed by atoms with E-state index in [-0.39, 0.29) is 17.9 Å². The van der Waals surface area contributed by atoms with Crippen molar-refractivity contribution < 1.29 is 24.2 Å². The Morgan fingerprint density at radius 1 is 1.20 bits per heavy atom. The van der Waals surface area contributed by atoms with Crippen molar-refractivity contribution >= 4 is 11.9 Å². The van der Waals surface area contributed by atoms with Crippen LogP contribution in [-0.4, -0.2) is 60.4 Å². The maximum absolute atomic E-state index is 12.9. The van der Waals surface area contributed by atoms with Gasteiger partial charge in [0, 0.05) is 26.3 Å². The molecule has 2 bridgehead atoms. The van der Waals surface area contributed by atoms with Gasteiger partial charge in [-0.15, -0.1) is 0 Å². The summed E-state index contributed by atoms with van der Waals surface area (Å²) in [7, 11) is 0. The zero-order chi connectivity index (χ0) is 17.2. The Morgan fingerprint density at radius 2 is 2.00 bits per heavy atom. The molecule has 5 atom stereocenters. The van der Waals surface area contributed by atoms with E-state index >= 15 is 0 Å². The highest BCUT2D eigenvalue weighted by molar-refractivity contribution is 5.82. The van der Waals surface area contributed by atoms with E-state index in [0.717, 1.165) is 17.9 Å². The van der Waals surface area contributed by atoms with Gasteiger partial charge >= 0.3 is 5.97 Å². The molecule has 4 aliphatic heterocycles. The van der Waals surface area contributed by atoms with Gasteiger partial charge in [0.05, 0.1) is 23.5 Å². The summed E-state index contributed by atoms with van der Waals surface area (Å²) in [6, 6.07) is 0. The van der Waals surface area contributed by atoms with Gasteiger partial charge in [0.15, 0.2) is 0 Å². The Balaban J connectivity index is 1.28. The molecule has 6 nitrogen and oxygen atoms in total. The molecule has 0 unspecified atom stereocenters. The zero-order valence-corrected chi connectivity index (χ0v) is 14.4. The maximum Gasteiger partial charge on any atom is 0.313 e. The molecule has 1 N–H and O–H groups in total. The predicted molar refractivity (Wildman–Crippen MR) is 87.8 cm³/mol. The first kappa shape index (κ1) is 15.8. The molecule has 6 heteroatoms. The van der Waals surface area contributed by atoms with Crippen LogP contribution < -0.4 is 0 Å². The van der Waals surface area contributed by atoms with Gasteiger partial charge in [0.2, 0.25) is 5.91 Å². The van der Waals surface area contributed by atoms with Gasteiger partial charge in [-0.05, 0) is 43.9 Å². The molecular weight excluding hydrogens is 322 g/mol. The average Bonchev–Trinajstić information content (AvgIpc) is 3.25. The van der Waals surface area contributed by atoms with Crippen molar-refractivity contribution in [3.8, 4) is 0 Å². The van der Waals surface area contributed by atoms with Crippen LogP contribution in [0.25, 0.3) is 0 Å². The van der Waals surface area contributed by atoms with E-state index in [1.165, 1.54) is 6.42 Å². The predicted octanol–water partition coefficient (Wildman–Crippen LogP) is 1.45. The lowest BCUT2D eigenvalue weighted by atomic mass is 9.71. The molecule has 5 aliphatic rings. The molecule has 136 valence electrons. The fourth-order valence-electron chi connectivity index (χ4n) is 5.62. The number of amides is 1. The topological polar surface area (TPSA) is 76.1 Å². The molecule has 1 amide bonds. The van der Waals surface area contributed by atoms with Crippen molar-refractivity contribution in [1.82, 2.24) is 4.90 Å². The highest BCUT2D eigenvalue weighted by atomic mass is 16.5. The van der Waals surface area contributed by atoms with E-state index in [1.54, 1.807) is 0 Å². The lowest BCUT2D eigenvalue weighted by Crippen LogP contribution is -2.46. The lowest BCUT2D eigenvalue weighted by molar-refractivity contribution is -0.151. The van der Waals surface area contributed by atoms with Crippen LogP contribution in [0, 0.1) is 23.2 Å². The molecule has 0 spiro atoms. The van der Waals surface area contributed by atoms with Gasteiger partial charge in [-0.25, -0.2) is 0 Å². The zero-order valence-electron chi connectivity index (χ0n) is 14.4. The van der Waals surface area contributed by atoms with Gasteiger partial charge < -0.3 is 19.5 Å². The number of hydrogen-bond donors (Lipinski definition) is 1. The van der Waals surface area contributed by atoms with Crippen LogP contribution in [0.4, 0.5) is 0 Å². The van der Waals surface area contributed by atoms with Gasteiger partial charge in [-0.2, -0.15) is 0 Å². The van der Waals surface area contributed by atoms with E-state index in [4.69, 9.17) is 9.47 Å². The van der Waals surface area contributed by atoms with Gasteiger partial charge in [0.25, 0.3) is 0 Å². The molecule has 5 rings (SSSR count). The third-order valence-corrected chi connectivity index (χ3v) is 7.21. The minimum Gasteiger partial charge on any atom is -0.481 e. The summed E-state index contributed by atoms with van der Waals surface area (Å²) < 4.78 is 11.3. The van der Waals surface area contributed by atoms with Gasteiger partial charge in [-0.3, -0.25) is 9.59 Å². The molecule has 0 radical (unpaired) electrons. The summed E-state index contributed by atoms with van der Waals surface area (Å²) in [5.41, 5.74) is 0.197. The van der Waals surface area contributed by atoms with Crippen molar-refractivity contribution in [1.29, 1.82) is 0 Å². The van der Waals surface area contributed by atoms with Crippen molar-refractivity contribution in [2.75, 3.05) is 26.3 Å². The number of carbonyl (C=O) groups excluding carboxylic acids is 1. The van der Waals surface area contributed by atoms with Gasteiger partial charge in [-0.1, -0.05) is 11.6 Å². The van der Waals surface area contributed by atoms with E-state index in [9.17, 15) is 14.7 Å². The monoisotopic (exact) mass is 347 g/mol. The maximum atomic E-state index is 12.9. The average molecular weight is 347 g/mol. The Bertz CT molecular complexity index is 638. The second kappa shape index (κ2) is 5.55. The number of ether oxygens (including phenoxy) is 2. The molecule has 0 aromatic heterocycles. The quantitative estimate of drug-likeness (QED) is 0.782. The number of rotatable bonds is 3. The fraction of sp³-hybridized carbons (Fsp3) is 0.789. The molecular formula is C19H25NO5. The van der Waals surface area contributed by atoms with Crippen LogP contribution >= 0.6 is 0 Å². The second-order valence-corrected chi connectivity index (χ2v) is 8.31. The van der Waals surface area contributed by atoms with Crippen molar-refractivity contribution in [2.24, 2.45) is 23.2 Å². The molecule has 1 saturated carbocycles. The first-order valence-corrected chi connectivity index (χ1v) is 9.55. The van der Waals surface area contributed by atoms with E-state index < -0.39 is 11.4 Å². The van der Waals surface area contributed by atoms with Crippen LogP contribution in [-0.2, 0) is 19.1 Å². The number of nitrogens with zero attached hydrogens (tertiary/aromatic N) is 1. The lowest BCUT2D eigenvalue weighted by Gasteiger charge is -2.39. The second-order valence-electron chi connectivity index (χ2n) is 8.31. The Hall–Kier alpha value is -1.40. The smallest absolute Gasteiger partial charge is 0.313 e. The summed E-state index contributed by atoms with van der Waals surface area (Å²) in [5.74, 6) is 0.847. The van der Waals surface area contributed by atoms with Crippen molar-refractivity contribution in [2.45, 2.75) is 44.3 Å². The Morgan fingerprint density at radius 3 is 2.60 bits per heavy atom. The standard InChI is InChI=1S/C19H25NO5/c21-17(14-10-15-12-9-13(12)16(14)25-15)20-5-1-11(2-6-20)19(18(22)23)3-7-24-8-4-19/h1,12-16H,2-10H2,(H,22,23)/t12-,13+,14-,15+,16+/m1/s1. The molecule has 1 aliphatic carbocycles.